The van der Waals surface area contributed by atoms with E-state index in [-0.39, 0.29) is 5.91 Å². The van der Waals surface area contributed by atoms with Crippen molar-refractivity contribution in [2.24, 2.45) is 0 Å². The standard InChI is InChI=1S/C31H32BrN5O3S/c1-4-18-41-31-35-30-33-20(3)27(29(38)34-25-8-6-7-9-26(25)39-5-2)28(37(30)36-31)22-12-16-24(17-13-22)40-19-21-10-14-23(32)15-11-21/h6-17,28H,4-5,18-19H2,1-3H3,(H,34,38)(H,33,35,36). The van der Waals surface area contributed by atoms with Crippen LogP contribution < -0.4 is 20.1 Å². The maximum Gasteiger partial charge on any atom is 0.255 e. The fourth-order valence-electron chi connectivity index (χ4n) is 4.52. The molecule has 1 aliphatic rings. The van der Waals surface area contributed by atoms with Crippen LogP contribution in [0.1, 0.15) is 44.4 Å². The highest BCUT2D eigenvalue weighted by atomic mass is 79.9. The predicted octanol–water partition coefficient (Wildman–Crippen LogP) is 7.45. The number of nitrogens with zero attached hydrogens (tertiary/aromatic N) is 3. The summed E-state index contributed by atoms with van der Waals surface area (Å²) in [6, 6.07) is 22.8. The number of hydrogen-bond acceptors (Lipinski definition) is 7. The molecule has 0 saturated heterocycles. The van der Waals surface area contributed by atoms with E-state index in [0.29, 0.717) is 47.0 Å². The minimum absolute atomic E-state index is 0.244. The van der Waals surface area contributed by atoms with Crippen molar-refractivity contribution in [3.8, 4) is 11.5 Å². The van der Waals surface area contributed by atoms with Crippen molar-refractivity contribution in [1.82, 2.24) is 14.8 Å². The zero-order valence-electron chi connectivity index (χ0n) is 23.2. The number of ether oxygens (including phenoxy) is 2. The van der Waals surface area contributed by atoms with E-state index < -0.39 is 6.04 Å². The summed E-state index contributed by atoms with van der Waals surface area (Å²) in [5.41, 5.74) is 3.83. The minimum Gasteiger partial charge on any atom is -0.492 e. The second kappa shape index (κ2) is 13.3. The summed E-state index contributed by atoms with van der Waals surface area (Å²) in [6.07, 6.45) is 1.01. The van der Waals surface area contributed by atoms with Crippen LogP contribution in [0.15, 0.2) is 93.7 Å². The fraction of sp³-hybridized carbons (Fsp3) is 0.258. The number of thioether (sulfide) groups is 1. The molecule has 1 amide bonds. The number of allylic oxidation sites excluding steroid dienone is 1. The van der Waals surface area contributed by atoms with Gasteiger partial charge in [-0.1, -0.05) is 71.0 Å². The van der Waals surface area contributed by atoms with E-state index in [4.69, 9.17) is 19.6 Å². The number of fused-ring (bicyclic) bond motifs is 1. The first-order valence-corrected chi connectivity index (χ1v) is 15.3. The lowest BCUT2D eigenvalue weighted by atomic mass is 9.95. The van der Waals surface area contributed by atoms with Gasteiger partial charge < -0.3 is 20.1 Å². The van der Waals surface area contributed by atoms with E-state index >= 15 is 0 Å². The van der Waals surface area contributed by atoms with Crippen LogP contribution in [0.25, 0.3) is 0 Å². The van der Waals surface area contributed by atoms with Gasteiger partial charge in [0.15, 0.2) is 0 Å². The Balaban J connectivity index is 1.45. The molecule has 0 aliphatic carbocycles. The number of carbonyl (C=O) groups is 1. The highest BCUT2D eigenvalue weighted by Crippen LogP contribution is 2.38. The summed E-state index contributed by atoms with van der Waals surface area (Å²) in [5, 5.41) is 11.8. The van der Waals surface area contributed by atoms with Crippen LogP contribution in [-0.4, -0.2) is 33.0 Å². The number of hydrogen-bond donors (Lipinski definition) is 2. The van der Waals surface area contributed by atoms with Crippen molar-refractivity contribution in [2.75, 3.05) is 23.0 Å². The average molecular weight is 635 g/mol. The van der Waals surface area contributed by atoms with Gasteiger partial charge in [-0.3, -0.25) is 4.79 Å². The second-order valence-electron chi connectivity index (χ2n) is 9.44. The number of benzene rings is 3. The van der Waals surface area contributed by atoms with Crippen LogP contribution >= 0.6 is 27.7 Å². The van der Waals surface area contributed by atoms with Crippen molar-refractivity contribution in [3.63, 3.8) is 0 Å². The third-order valence-corrected chi connectivity index (χ3v) is 8.03. The first kappa shape index (κ1) is 28.8. The average Bonchev–Trinajstić information content (AvgIpc) is 3.38. The number of halogens is 1. The van der Waals surface area contributed by atoms with Crippen LogP contribution in [-0.2, 0) is 11.4 Å². The molecule has 41 heavy (non-hydrogen) atoms. The lowest BCUT2D eigenvalue weighted by Gasteiger charge is -2.29. The number of para-hydroxylation sites is 2. The van der Waals surface area contributed by atoms with Crippen LogP contribution in [0.2, 0.25) is 0 Å². The molecule has 3 aromatic carbocycles. The van der Waals surface area contributed by atoms with Crippen LogP contribution in [0.5, 0.6) is 11.5 Å². The zero-order valence-corrected chi connectivity index (χ0v) is 25.6. The maximum absolute atomic E-state index is 13.9. The molecule has 2 N–H and O–H groups in total. The monoisotopic (exact) mass is 633 g/mol. The third-order valence-electron chi connectivity index (χ3n) is 6.46. The van der Waals surface area contributed by atoms with Crippen molar-refractivity contribution in [1.29, 1.82) is 0 Å². The summed E-state index contributed by atoms with van der Waals surface area (Å²) in [4.78, 5) is 18.6. The fourth-order valence-corrected chi connectivity index (χ4v) is 5.47. The lowest BCUT2D eigenvalue weighted by molar-refractivity contribution is -0.113. The molecule has 8 nitrogen and oxygen atoms in total. The summed E-state index contributed by atoms with van der Waals surface area (Å²) < 4.78 is 14.6. The number of carbonyl (C=O) groups excluding carboxylic acids is 1. The van der Waals surface area contributed by atoms with Gasteiger partial charge in [0.05, 0.1) is 17.9 Å². The Bertz CT molecular complexity index is 1540. The number of rotatable bonds is 11. The number of anilines is 2. The molecule has 1 aromatic heterocycles. The Labute approximate surface area is 252 Å². The summed E-state index contributed by atoms with van der Waals surface area (Å²) in [7, 11) is 0. The van der Waals surface area contributed by atoms with Gasteiger partial charge in [-0.15, -0.1) is 5.10 Å². The molecule has 1 unspecified atom stereocenters. The largest absolute Gasteiger partial charge is 0.492 e. The molecule has 212 valence electrons. The molecule has 2 heterocycles. The molecule has 10 heteroatoms. The number of amides is 1. The topological polar surface area (TPSA) is 90.3 Å². The first-order valence-electron chi connectivity index (χ1n) is 13.5. The van der Waals surface area contributed by atoms with E-state index in [0.717, 1.165) is 33.5 Å². The highest BCUT2D eigenvalue weighted by molar-refractivity contribution is 9.10. The van der Waals surface area contributed by atoms with Crippen molar-refractivity contribution >= 4 is 45.2 Å². The normalized spacial score (nSPS) is 14.3. The molecule has 1 atom stereocenters. The third kappa shape index (κ3) is 6.77. The van der Waals surface area contributed by atoms with Gasteiger partial charge in [0.1, 0.15) is 24.1 Å². The van der Waals surface area contributed by atoms with E-state index in [9.17, 15) is 4.79 Å². The quantitative estimate of drug-likeness (QED) is 0.166. The molecule has 0 fully saturated rings. The highest BCUT2D eigenvalue weighted by Gasteiger charge is 2.34. The smallest absolute Gasteiger partial charge is 0.255 e. The van der Waals surface area contributed by atoms with Gasteiger partial charge in [-0.25, -0.2) is 4.68 Å². The van der Waals surface area contributed by atoms with Crippen molar-refractivity contribution in [3.05, 3.63) is 99.7 Å². The summed E-state index contributed by atoms with van der Waals surface area (Å²) >= 11 is 5.06. The van der Waals surface area contributed by atoms with E-state index in [1.807, 2.05) is 86.6 Å². The van der Waals surface area contributed by atoms with Gasteiger partial charge in [-0.2, -0.15) is 4.98 Å². The molecular formula is C31H32BrN5O3S. The molecule has 0 bridgehead atoms. The molecule has 5 rings (SSSR count). The predicted molar refractivity (Wildman–Crippen MR) is 167 cm³/mol. The van der Waals surface area contributed by atoms with E-state index in [1.54, 1.807) is 16.4 Å². The molecular weight excluding hydrogens is 602 g/mol. The lowest BCUT2D eigenvalue weighted by Crippen LogP contribution is -2.31. The van der Waals surface area contributed by atoms with Gasteiger partial charge in [0.2, 0.25) is 11.1 Å². The summed E-state index contributed by atoms with van der Waals surface area (Å²) in [5.74, 6) is 2.63. The Hall–Kier alpha value is -3.76. The SMILES string of the molecule is CCCSc1nc2n(n1)C(c1ccc(OCc3ccc(Br)cc3)cc1)C(C(=O)Nc1ccccc1OCC)=C(C)N2. The van der Waals surface area contributed by atoms with Crippen molar-refractivity contribution < 1.29 is 14.3 Å². The van der Waals surface area contributed by atoms with Crippen molar-refractivity contribution in [2.45, 2.75) is 45.0 Å². The Morgan fingerprint density at radius 1 is 1.05 bits per heavy atom. The molecule has 4 aromatic rings. The van der Waals surface area contributed by atoms with Gasteiger partial charge in [-0.05, 0) is 67.8 Å². The molecule has 0 radical (unpaired) electrons. The molecule has 0 spiro atoms. The van der Waals surface area contributed by atoms with E-state index in [1.165, 1.54) is 0 Å². The Kier molecular flexibility index (Phi) is 9.31. The second-order valence-corrected chi connectivity index (χ2v) is 11.4. The van der Waals surface area contributed by atoms with Crippen LogP contribution in [0.4, 0.5) is 11.6 Å². The molecule has 1 aliphatic heterocycles. The number of nitrogens with one attached hydrogen (secondary N) is 2. The van der Waals surface area contributed by atoms with Gasteiger partial charge >= 0.3 is 0 Å². The van der Waals surface area contributed by atoms with Gasteiger partial charge in [0.25, 0.3) is 5.91 Å². The summed E-state index contributed by atoms with van der Waals surface area (Å²) in [6.45, 7) is 6.88. The van der Waals surface area contributed by atoms with E-state index in [2.05, 4.69) is 33.5 Å². The minimum atomic E-state index is -0.491. The number of aromatic nitrogens is 3. The Morgan fingerprint density at radius 3 is 2.54 bits per heavy atom. The Morgan fingerprint density at radius 2 is 1.80 bits per heavy atom. The first-order chi connectivity index (χ1) is 20.0. The molecule has 0 saturated carbocycles. The zero-order chi connectivity index (χ0) is 28.8. The maximum atomic E-state index is 13.9. The van der Waals surface area contributed by atoms with Gasteiger partial charge in [0, 0.05) is 15.9 Å². The van der Waals surface area contributed by atoms with Crippen LogP contribution in [0.3, 0.4) is 0 Å². The van der Waals surface area contributed by atoms with Crippen LogP contribution in [0, 0.1) is 0 Å².